The number of benzene rings is 2. The van der Waals surface area contributed by atoms with Gasteiger partial charge in [-0.2, -0.15) is 0 Å². The van der Waals surface area contributed by atoms with Gasteiger partial charge in [0.05, 0.1) is 6.04 Å². The second-order valence-electron chi connectivity index (χ2n) is 4.41. The fraction of sp³-hybridized carbons (Fsp3) is 0.200. The van der Waals surface area contributed by atoms with Crippen LogP contribution in [-0.2, 0) is 0 Å². The van der Waals surface area contributed by atoms with E-state index in [1.165, 1.54) is 0 Å². The second-order valence-corrected chi connectivity index (χ2v) is 5.26. The molecule has 3 heteroatoms. The maximum absolute atomic E-state index is 9.90. The zero-order chi connectivity index (χ0) is 13.1. The minimum atomic E-state index is 0.0450. The molecule has 0 saturated carbocycles. The molecule has 0 fully saturated rings. The molecule has 0 amide bonds. The van der Waals surface area contributed by atoms with Crippen LogP contribution in [0.1, 0.15) is 24.1 Å². The third kappa shape index (κ3) is 2.85. The first-order chi connectivity index (χ1) is 8.58. The third-order valence-corrected chi connectivity index (χ3v) is 3.59. The van der Waals surface area contributed by atoms with Gasteiger partial charge in [-0.25, -0.2) is 0 Å². The number of para-hydroxylation sites is 1. The van der Waals surface area contributed by atoms with E-state index >= 15 is 0 Å². The van der Waals surface area contributed by atoms with E-state index in [0.717, 1.165) is 21.3 Å². The van der Waals surface area contributed by atoms with Gasteiger partial charge >= 0.3 is 0 Å². The lowest BCUT2D eigenvalue weighted by Gasteiger charge is -2.18. The van der Waals surface area contributed by atoms with Gasteiger partial charge in [-0.3, -0.25) is 0 Å². The first-order valence-corrected chi connectivity index (χ1v) is 6.68. The number of rotatable bonds is 3. The van der Waals surface area contributed by atoms with Gasteiger partial charge < -0.3 is 10.4 Å². The number of hydrogen-bond donors (Lipinski definition) is 2. The molecule has 2 aromatic rings. The topological polar surface area (TPSA) is 32.3 Å². The summed E-state index contributed by atoms with van der Waals surface area (Å²) < 4.78 is 1.02. The highest BCUT2D eigenvalue weighted by Gasteiger charge is 2.11. The molecule has 0 aliphatic rings. The summed E-state index contributed by atoms with van der Waals surface area (Å²) in [6, 6.07) is 13.7. The predicted octanol–water partition coefficient (Wildman–Crippen LogP) is 4.64. The summed E-state index contributed by atoms with van der Waals surface area (Å²) in [5.74, 6) is 0.327. The van der Waals surface area contributed by atoms with Crippen LogP contribution in [0.25, 0.3) is 0 Å². The number of aryl methyl sites for hydroxylation is 1. The van der Waals surface area contributed by atoms with Crippen LogP contribution in [-0.4, -0.2) is 5.11 Å². The van der Waals surface area contributed by atoms with Gasteiger partial charge in [0.25, 0.3) is 0 Å². The van der Waals surface area contributed by atoms with Crippen molar-refractivity contribution in [2.45, 2.75) is 19.9 Å². The molecule has 0 aromatic heterocycles. The van der Waals surface area contributed by atoms with Crippen molar-refractivity contribution in [1.82, 2.24) is 0 Å². The minimum Gasteiger partial charge on any atom is -0.508 e. The van der Waals surface area contributed by atoms with E-state index in [9.17, 15) is 5.11 Å². The molecule has 2 aromatic carbocycles. The van der Waals surface area contributed by atoms with E-state index in [1.54, 1.807) is 6.07 Å². The minimum absolute atomic E-state index is 0.0450. The smallest absolute Gasteiger partial charge is 0.120 e. The van der Waals surface area contributed by atoms with E-state index in [0.29, 0.717) is 5.75 Å². The fourth-order valence-electron chi connectivity index (χ4n) is 1.91. The quantitative estimate of drug-likeness (QED) is 0.866. The Morgan fingerprint density at radius 2 is 1.89 bits per heavy atom. The Balaban J connectivity index is 2.25. The largest absolute Gasteiger partial charge is 0.508 e. The van der Waals surface area contributed by atoms with Crippen LogP contribution >= 0.6 is 15.9 Å². The Morgan fingerprint density at radius 3 is 2.61 bits per heavy atom. The number of phenolic OH excluding ortho intramolecular Hbond substituents is 1. The highest BCUT2D eigenvalue weighted by atomic mass is 79.9. The van der Waals surface area contributed by atoms with Crippen molar-refractivity contribution in [3.8, 4) is 5.75 Å². The van der Waals surface area contributed by atoms with Crippen molar-refractivity contribution in [1.29, 1.82) is 0 Å². The predicted molar refractivity (Wildman–Crippen MR) is 79.0 cm³/mol. The zero-order valence-electron chi connectivity index (χ0n) is 10.4. The van der Waals surface area contributed by atoms with Crippen molar-refractivity contribution >= 4 is 21.6 Å². The van der Waals surface area contributed by atoms with E-state index in [-0.39, 0.29) is 6.04 Å². The molecule has 2 nitrogen and oxygen atoms in total. The molecular weight excluding hydrogens is 290 g/mol. The summed E-state index contributed by atoms with van der Waals surface area (Å²) in [5.41, 5.74) is 3.07. The Morgan fingerprint density at radius 1 is 1.17 bits per heavy atom. The van der Waals surface area contributed by atoms with Crippen LogP contribution in [0.3, 0.4) is 0 Å². The molecule has 18 heavy (non-hydrogen) atoms. The fourth-order valence-corrected chi connectivity index (χ4v) is 2.31. The maximum atomic E-state index is 9.90. The molecule has 2 N–H and O–H groups in total. The highest BCUT2D eigenvalue weighted by molar-refractivity contribution is 9.10. The normalized spacial score (nSPS) is 12.2. The third-order valence-electron chi connectivity index (χ3n) is 2.90. The average molecular weight is 306 g/mol. The molecule has 1 unspecified atom stereocenters. The molecule has 94 valence electrons. The standard InChI is InChI=1S/C15H16BrNO/c1-10-7-8-15(18)12(9-10)11(2)17-14-6-4-3-5-13(14)16/h3-9,11,17-18H,1-2H3. The summed E-state index contributed by atoms with van der Waals surface area (Å²) in [5, 5.41) is 13.3. The van der Waals surface area contributed by atoms with Gasteiger partial charge in [0.15, 0.2) is 0 Å². The van der Waals surface area contributed by atoms with Gasteiger partial charge in [-0.15, -0.1) is 0 Å². The zero-order valence-corrected chi connectivity index (χ0v) is 12.0. The monoisotopic (exact) mass is 305 g/mol. The molecule has 0 bridgehead atoms. The van der Waals surface area contributed by atoms with Crippen molar-refractivity contribution in [2.24, 2.45) is 0 Å². The Hall–Kier alpha value is -1.48. The SMILES string of the molecule is Cc1ccc(O)c(C(C)Nc2ccccc2Br)c1. The van der Waals surface area contributed by atoms with Gasteiger partial charge in [0, 0.05) is 15.7 Å². The first-order valence-electron chi connectivity index (χ1n) is 5.88. The molecule has 1 atom stereocenters. The van der Waals surface area contributed by atoms with E-state index in [1.807, 2.05) is 50.2 Å². The van der Waals surface area contributed by atoms with Crippen LogP contribution in [0.5, 0.6) is 5.75 Å². The number of halogens is 1. The van der Waals surface area contributed by atoms with Crippen molar-refractivity contribution < 1.29 is 5.11 Å². The van der Waals surface area contributed by atoms with Crippen molar-refractivity contribution in [3.05, 3.63) is 58.1 Å². The number of aromatic hydroxyl groups is 1. The van der Waals surface area contributed by atoms with E-state index in [4.69, 9.17) is 0 Å². The molecule has 0 saturated heterocycles. The first kappa shape index (κ1) is 13.0. The van der Waals surface area contributed by atoms with Gasteiger partial charge in [-0.05, 0) is 48.0 Å². The number of hydrogen-bond acceptors (Lipinski definition) is 2. The Labute approximate surface area is 116 Å². The Bertz CT molecular complexity index is 554. The molecule has 2 rings (SSSR count). The number of anilines is 1. The summed E-state index contributed by atoms with van der Waals surface area (Å²) in [7, 11) is 0. The van der Waals surface area contributed by atoms with Crippen LogP contribution in [0.2, 0.25) is 0 Å². The number of phenols is 1. The molecule has 0 aliphatic carbocycles. The van der Waals surface area contributed by atoms with Crippen LogP contribution in [0.15, 0.2) is 46.9 Å². The molecule has 0 spiro atoms. The Kier molecular flexibility index (Phi) is 3.92. The maximum Gasteiger partial charge on any atom is 0.120 e. The summed E-state index contributed by atoms with van der Waals surface area (Å²) in [6.07, 6.45) is 0. The van der Waals surface area contributed by atoms with Crippen molar-refractivity contribution in [2.75, 3.05) is 5.32 Å². The lowest BCUT2D eigenvalue weighted by atomic mass is 10.0. The lowest BCUT2D eigenvalue weighted by molar-refractivity contribution is 0.465. The molecule has 0 aliphatic heterocycles. The summed E-state index contributed by atoms with van der Waals surface area (Å²) in [6.45, 7) is 4.06. The molecular formula is C15H16BrNO. The molecule has 0 heterocycles. The van der Waals surface area contributed by atoms with E-state index in [2.05, 4.69) is 21.2 Å². The summed E-state index contributed by atoms with van der Waals surface area (Å²) >= 11 is 3.51. The van der Waals surface area contributed by atoms with Gasteiger partial charge in [0.2, 0.25) is 0 Å². The van der Waals surface area contributed by atoms with Crippen LogP contribution in [0, 0.1) is 6.92 Å². The second kappa shape index (κ2) is 5.44. The molecule has 0 radical (unpaired) electrons. The van der Waals surface area contributed by atoms with Gasteiger partial charge in [-0.1, -0.05) is 29.8 Å². The van der Waals surface area contributed by atoms with Gasteiger partial charge in [0.1, 0.15) is 5.75 Å². The highest BCUT2D eigenvalue weighted by Crippen LogP contribution is 2.30. The van der Waals surface area contributed by atoms with Crippen molar-refractivity contribution in [3.63, 3.8) is 0 Å². The van der Waals surface area contributed by atoms with Crippen LogP contribution in [0.4, 0.5) is 5.69 Å². The lowest BCUT2D eigenvalue weighted by Crippen LogP contribution is -2.07. The average Bonchev–Trinajstić information content (AvgIpc) is 2.35. The summed E-state index contributed by atoms with van der Waals surface area (Å²) in [4.78, 5) is 0. The number of nitrogens with one attached hydrogen (secondary N) is 1. The van der Waals surface area contributed by atoms with E-state index < -0.39 is 0 Å². The van der Waals surface area contributed by atoms with Crippen LogP contribution < -0.4 is 5.32 Å².